The Morgan fingerprint density at radius 3 is 2.16 bits per heavy atom. The number of aromatic nitrogens is 2. The lowest BCUT2D eigenvalue weighted by molar-refractivity contribution is -0.142. The third-order valence-electron chi connectivity index (χ3n) is 13.4. The highest BCUT2D eigenvalue weighted by atomic mass is 35.5. The highest BCUT2D eigenvalue weighted by molar-refractivity contribution is 6.31. The van der Waals surface area contributed by atoms with Crippen molar-refractivity contribution in [1.29, 1.82) is 0 Å². The number of carbonyl (C=O) groups excluding carboxylic acids is 6. The van der Waals surface area contributed by atoms with Crippen LogP contribution in [0.2, 0.25) is 10.0 Å². The number of benzene rings is 4. The standard InChI is InChI=1S/C51H46Cl2F4N6O7/c1-28(64)35-23-60(39-14-4-2-10-33(35)39)25-45(67)61-17-16-42(48(61)50(69)58-22-30-9-7-13-37(53)47(30)55)70-26-32-18-31(32)20-43(65)62-24-38(34-11-3-5-15-40(34)62)59-49(68)41-21-51(56,57)27-63(41)44(66)19-29-8-6-12-36(52)46(29)54/h2-15,23-24,31-32,41-42,48H,16-22,25-27H2,1H3,(H,58,69)(H,59,68)/t31?,32?,41-,42-,48+/m1/s1. The molecule has 0 radical (unpaired) electrons. The molecule has 70 heavy (non-hydrogen) atoms. The first-order valence-corrected chi connectivity index (χ1v) is 23.5. The van der Waals surface area contributed by atoms with Crippen molar-refractivity contribution in [1.82, 2.24) is 24.3 Å². The first-order valence-electron chi connectivity index (χ1n) is 22.7. The van der Waals surface area contributed by atoms with E-state index in [4.69, 9.17) is 27.9 Å². The van der Waals surface area contributed by atoms with Crippen LogP contribution in [0.25, 0.3) is 21.8 Å². The summed E-state index contributed by atoms with van der Waals surface area (Å²) >= 11 is 11.8. The minimum atomic E-state index is -3.39. The molecule has 4 amide bonds. The number of nitrogens with zero attached hydrogens (tertiary/aromatic N) is 4. The zero-order valence-electron chi connectivity index (χ0n) is 37.6. The van der Waals surface area contributed by atoms with Gasteiger partial charge in [0.25, 0.3) is 5.92 Å². The molecule has 9 rings (SSSR count). The summed E-state index contributed by atoms with van der Waals surface area (Å²) < 4.78 is 68.5. The number of hydrogen-bond acceptors (Lipinski definition) is 7. The van der Waals surface area contributed by atoms with Gasteiger partial charge in [0.1, 0.15) is 30.3 Å². The summed E-state index contributed by atoms with van der Waals surface area (Å²) in [6, 6.07) is 19.7. The highest BCUT2D eigenvalue weighted by Gasteiger charge is 2.50. The first kappa shape index (κ1) is 48.5. The Bertz CT molecular complexity index is 3090. The van der Waals surface area contributed by atoms with Crippen molar-refractivity contribution >= 4 is 86.0 Å². The van der Waals surface area contributed by atoms with Gasteiger partial charge in [-0.25, -0.2) is 17.6 Å². The van der Waals surface area contributed by atoms with E-state index in [1.54, 1.807) is 65.4 Å². The second-order valence-electron chi connectivity index (χ2n) is 18.1. The van der Waals surface area contributed by atoms with Crippen molar-refractivity contribution in [2.75, 3.05) is 25.0 Å². The van der Waals surface area contributed by atoms with E-state index in [9.17, 15) is 46.3 Å². The van der Waals surface area contributed by atoms with E-state index in [1.165, 1.54) is 52.9 Å². The summed E-state index contributed by atoms with van der Waals surface area (Å²) in [6.07, 6.45) is 1.76. The maximum absolute atomic E-state index is 14.8. The fourth-order valence-corrected chi connectivity index (χ4v) is 10.1. The zero-order chi connectivity index (χ0) is 49.6. The Morgan fingerprint density at radius 2 is 1.43 bits per heavy atom. The molecular formula is C51H46Cl2F4N6O7. The van der Waals surface area contributed by atoms with Crippen LogP contribution in [-0.4, -0.2) is 98.1 Å². The number of fused-ring (bicyclic) bond motifs is 2. The Balaban J connectivity index is 0.858. The molecule has 4 aromatic carbocycles. The molecule has 13 nitrogen and oxygen atoms in total. The quantitative estimate of drug-likeness (QED) is 0.0774. The molecule has 5 atom stereocenters. The van der Waals surface area contributed by atoms with Gasteiger partial charge in [-0.3, -0.25) is 33.3 Å². The summed E-state index contributed by atoms with van der Waals surface area (Å²) in [7, 11) is 0. The number of anilines is 1. The van der Waals surface area contributed by atoms with Gasteiger partial charge in [-0.05, 0) is 61.4 Å². The zero-order valence-corrected chi connectivity index (χ0v) is 39.1. The molecule has 2 saturated heterocycles. The van der Waals surface area contributed by atoms with E-state index >= 15 is 0 Å². The molecule has 0 spiro atoms. The van der Waals surface area contributed by atoms with Crippen molar-refractivity contribution in [2.45, 2.75) is 76.2 Å². The van der Waals surface area contributed by atoms with Gasteiger partial charge in [-0.15, -0.1) is 0 Å². The van der Waals surface area contributed by atoms with Crippen molar-refractivity contribution in [3.63, 3.8) is 0 Å². The summed E-state index contributed by atoms with van der Waals surface area (Å²) in [5, 5.41) is 6.22. The van der Waals surface area contributed by atoms with E-state index in [-0.39, 0.29) is 83.0 Å². The van der Waals surface area contributed by atoms with Crippen LogP contribution in [0.5, 0.6) is 0 Å². The van der Waals surface area contributed by atoms with E-state index in [0.717, 1.165) is 4.90 Å². The molecule has 1 saturated carbocycles. The molecule has 19 heteroatoms. The number of carbonyl (C=O) groups is 6. The lowest BCUT2D eigenvalue weighted by atomic mass is 10.1. The predicted molar refractivity (Wildman–Crippen MR) is 253 cm³/mol. The normalized spacial score (nSPS) is 20.5. The summed E-state index contributed by atoms with van der Waals surface area (Å²) in [5.41, 5.74) is 1.80. The minimum absolute atomic E-state index is 0.0781. The van der Waals surface area contributed by atoms with Gasteiger partial charge in [-0.2, -0.15) is 0 Å². The fraction of sp³-hybridized carbons (Fsp3) is 0.333. The van der Waals surface area contributed by atoms with Crippen molar-refractivity contribution in [2.24, 2.45) is 11.8 Å². The van der Waals surface area contributed by atoms with Crippen molar-refractivity contribution < 1.29 is 51.1 Å². The smallest absolute Gasteiger partial charge is 0.267 e. The Hall–Kier alpha value is -6.56. The number of likely N-dealkylation sites (tertiary alicyclic amines) is 2. The lowest BCUT2D eigenvalue weighted by Crippen LogP contribution is -2.51. The average Bonchev–Trinajstić information content (AvgIpc) is 3.64. The second-order valence-corrected chi connectivity index (χ2v) is 18.9. The van der Waals surface area contributed by atoms with Crippen LogP contribution in [0.1, 0.15) is 58.9 Å². The monoisotopic (exact) mass is 1000 g/mol. The summed E-state index contributed by atoms with van der Waals surface area (Å²) in [5.74, 6) is -8.33. The van der Waals surface area contributed by atoms with Gasteiger partial charge in [0.05, 0.1) is 46.9 Å². The fourth-order valence-electron chi connectivity index (χ4n) is 9.69. The van der Waals surface area contributed by atoms with Gasteiger partial charge in [0.15, 0.2) is 5.78 Å². The maximum atomic E-state index is 14.8. The van der Waals surface area contributed by atoms with E-state index < -0.39 is 78.8 Å². The van der Waals surface area contributed by atoms with Crippen molar-refractivity contribution in [3.05, 3.63) is 136 Å². The molecule has 2 unspecified atom stereocenters. The number of ketones is 1. The predicted octanol–water partition coefficient (Wildman–Crippen LogP) is 8.47. The van der Waals surface area contributed by atoms with Gasteiger partial charge in [0.2, 0.25) is 29.5 Å². The largest absolute Gasteiger partial charge is 0.375 e. The molecule has 2 aromatic heterocycles. The number of Topliss-reactive ketones (excluding diaryl/α,β-unsaturated/α-hetero) is 1. The van der Waals surface area contributed by atoms with Crippen molar-refractivity contribution in [3.8, 4) is 0 Å². The number of ether oxygens (including phenoxy) is 1. The number of para-hydroxylation sites is 2. The van der Waals surface area contributed by atoms with Crippen LogP contribution >= 0.6 is 23.2 Å². The number of rotatable bonds is 15. The Labute approximate surface area is 408 Å². The maximum Gasteiger partial charge on any atom is 0.267 e. The minimum Gasteiger partial charge on any atom is -0.375 e. The number of hydrogen-bond donors (Lipinski definition) is 2. The van der Waals surface area contributed by atoms with Gasteiger partial charge >= 0.3 is 0 Å². The number of amides is 4. The lowest BCUT2D eigenvalue weighted by Gasteiger charge is -2.28. The molecule has 3 fully saturated rings. The molecule has 0 bridgehead atoms. The van der Waals surface area contributed by atoms with Crippen LogP contribution < -0.4 is 10.6 Å². The molecule has 2 N–H and O–H groups in total. The van der Waals surface area contributed by atoms with E-state index in [0.29, 0.717) is 40.2 Å². The number of nitrogens with one attached hydrogen (secondary N) is 2. The molecule has 6 aromatic rings. The van der Waals surface area contributed by atoms with Crippen LogP contribution in [0.3, 0.4) is 0 Å². The third-order valence-corrected chi connectivity index (χ3v) is 14.0. The highest BCUT2D eigenvalue weighted by Crippen LogP contribution is 2.43. The Morgan fingerprint density at radius 1 is 0.757 bits per heavy atom. The van der Waals surface area contributed by atoms with E-state index in [1.807, 2.05) is 0 Å². The molecule has 364 valence electrons. The van der Waals surface area contributed by atoms with Gasteiger partial charge in [-0.1, -0.05) is 83.9 Å². The first-order chi connectivity index (χ1) is 33.5. The molecule has 2 aliphatic heterocycles. The molecular weight excluding hydrogens is 955 g/mol. The van der Waals surface area contributed by atoms with Gasteiger partial charge < -0.3 is 29.7 Å². The number of alkyl halides is 2. The van der Waals surface area contributed by atoms with Crippen LogP contribution in [0.4, 0.5) is 23.2 Å². The molecule has 4 heterocycles. The van der Waals surface area contributed by atoms with E-state index in [2.05, 4.69) is 10.6 Å². The molecule has 1 aliphatic carbocycles. The summed E-state index contributed by atoms with van der Waals surface area (Å²) in [6.45, 7) is 0.392. The van der Waals surface area contributed by atoms with Crippen LogP contribution in [-0.2, 0) is 43.4 Å². The SMILES string of the molecule is CC(=O)c1cn(CC(=O)N2CC[C@@H](OCC3CC3CC(=O)n3cc(NC(=O)[C@H]4CC(F)(F)CN4C(=O)Cc4cccc(Cl)c4F)c4ccccc43)[C@H]2C(=O)NCc2cccc(Cl)c2F)c2ccccc12. The number of halogens is 6. The topological polar surface area (TPSA) is 152 Å². The second kappa shape index (κ2) is 19.7. The van der Waals surface area contributed by atoms with Gasteiger partial charge in [0, 0.05) is 65.7 Å². The molecule has 3 aliphatic rings. The third kappa shape index (κ3) is 9.92. The van der Waals surface area contributed by atoms with Crippen LogP contribution in [0, 0.1) is 23.5 Å². The summed E-state index contributed by atoms with van der Waals surface area (Å²) in [4.78, 5) is 83.7. The van der Waals surface area contributed by atoms with Crippen LogP contribution in [0.15, 0.2) is 97.3 Å². The Kier molecular flexibility index (Phi) is 13.6. The average molecular weight is 1000 g/mol.